The van der Waals surface area contributed by atoms with Gasteiger partial charge in [0.15, 0.2) is 0 Å². The molecule has 0 fully saturated rings. The third-order valence-corrected chi connectivity index (χ3v) is 5.36. The van der Waals surface area contributed by atoms with Crippen molar-refractivity contribution < 1.29 is 23.1 Å². The molecule has 2 aromatic carbocycles. The Bertz CT molecular complexity index is 950. The van der Waals surface area contributed by atoms with Gasteiger partial charge in [-0.1, -0.05) is 23.8 Å². The van der Waals surface area contributed by atoms with Gasteiger partial charge in [0.25, 0.3) is 15.9 Å². The number of carboxylic acid groups (broad SMARTS) is 1. The number of amides is 1. The summed E-state index contributed by atoms with van der Waals surface area (Å²) in [7, 11) is -3.86. The summed E-state index contributed by atoms with van der Waals surface area (Å²) in [5.74, 6) is -1.59. The highest BCUT2D eigenvalue weighted by Crippen LogP contribution is 2.18. The lowest BCUT2D eigenvalue weighted by Crippen LogP contribution is -2.38. The second-order valence-electron chi connectivity index (χ2n) is 6.87. The molecule has 0 atom stereocenters. The third-order valence-electron chi connectivity index (χ3n) is 3.98. The Kier molecular flexibility index (Phi) is 5.90. The van der Waals surface area contributed by atoms with E-state index in [-0.39, 0.29) is 17.0 Å². The fourth-order valence-corrected chi connectivity index (χ4v) is 3.22. The number of anilines is 1. The highest BCUT2D eigenvalue weighted by Gasteiger charge is 2.28. The molecule has 7 nitrogen and oxygen atoms in total. The van der Waals surface area contributed by atoms with Gasteiger partial charge in [-0.2, -0.15) is 0 Å². The zero-order chi connectivity index (χ0) is 20.2. The van der Waals surface area contributed by atoms with E-state index in [4.69, 9.17) is 5.11 Å². The first-order valence-corrected chi connectivity index (χ1v) is 9.71. The molecule has 0 saturated heterocycles. The van der Waals surface area contributed by atoms with Gasteiger partial charge >= 0.3 is 5.97 Å². The molecule has 0 bridgehead atoms. The van der Waals surface area contributed by atoms with Crippen LogP contribution >= 0.6 is 0 Å². The lowest BCUT2D eigenvalue weighted by molar-refractivity contribution is -0.146. The normalized spacial score (nSPS) is 11.7. The first-order chi connectivity index (χ1) is 12.5. The van der Waals surface area contributed by atoms with Gasteiger partial charge in [-0.25, -0.2) is 8.42 Å². The van der Waals surface area contributed by atoms with Crippen molar-refractivity contribution >= 4 is 27.6 Å². The van der Waals surface area contributed by atoms with Crippen molar-refractivity contribution in [2.75, 3.05) is 11.3 Å². The standard InChI is InChI=1S/C19H22N2O5S/c1-13-7-9-15(10-8-13)21-27(25,26)16-6-4-5-14(11-16)17(22)20-12-19(2,3)18(23)24/h4-11,21H,12H2,1-3H3,(H,20,22)(H,23,24). The predicted molar refractivity (Wildman–Crippen MR) is 102 cm³/mol. The fourth-order valence-electron chi connectivity index (χ4n) is 2.12. The Morgan fingerprint density at radius 1 is 1.07 bits per heavy atom. The number of aliphatic carboxylic acids is 1. The summed E-state index contributed by atoms with van der Waals surface area (Å²) in [6.07, 6.45) is 0. The number of sulfonamides is 1. The van der Waals surface area contributed by atoms with Crippen molar-refractivity contribution in [2.24, 2.45) is 5.41 Å². The van der Waals surface area contributed by atoms with Crippen LogP contribution in [0.5, 0.6) is 0 Å². The van der Waals surface area contributed by atoms with Crippen molar-refractivity contribution in [1.29, 1.82) is 0 Å². The molecule has 2 rings (SSSR count). The summed E-state index contributed by atoms with van der Waals surface area (Å²) in [5, 5.41) is 11.6. The number of benzene rings is 2. The van der Waals surface area contributed by atoms with E-state index in [0.29, 0.717) is 5.69 Å². The summed E-state index contributed by atoms with van der Waals surface area (Å²) in [6, 6.07) is 12.4. The van der Waals surface area contributed by atoms with E-state index >= 15 is 0 Å². The van der Waals surface area contributed by atoms with E-state index in [1.807, 2.05) is 6.92 Å². The zero-order valence-corrected chi connectivity index (χ0v) is 16.1. The zero-order valence-electron chi connectivity index (χ0n) is 15.3. The molecule has 0 radical (unpaired) electrons. The summed E-state index contributed by atoms with van der Waals surface area (Å²) in [6.45, 7) is 4.79. The number of aryl methyl sites for hydroxylation is 1. The molecule has 0 aromatic heterocycles. The van der Waals surface area contributed by atoms with Gasteiger partial charge in [0.2, 0.25) is 0 Å². The summed E-state index contributed by atoms with van der Waals surface area (Å²) in [5.41, 5.74) is 0.411. The van der Waals surface area contributed by atoms with Crippen molar-refractivity contribution in [3.63, 3.8) is 0 Å². The quantitative estimate of drug-likeness (QED) is 0.673. The predicted octanol–water partition coefficient (Wildman–Crippen LogP) is 2.64. The average molecular weight is 390 g/mol. The van der Waals surface area contributed by atoms with Crippen molar-refractivity contribution in [3.8, 4) is 0 Å². The Labute approximate surface area is 158 Å². The second kappa shape index (κ2) is 7.79. The van der Waals surface area contributed by atoms with Gasteiger partial charge < -0.3 is 10.4 Å². The number of carboxylic acids is 1. The van der Waals surface area contributed by atoms with E-state index < -0.39 is 27.3 Å². The number of hydrogen-bond acceptors (Lipinski definition) is 4. The molecule has 0 aliphatic carbocycles. The molecule has 8 heteroatoms. The van der Waals surface area contributed by atoms with Gasteiger partial charge in [0.05, 0.1) is 10.3 Å². The van der Waals surface area contributed by atoms with Crippen LogP contribution in [0.15, 0.2) is 53.4 Å². The molecule has 1 amide bonds. The number of rotatable bonds is 7. The Morgan fingerprint density at radius 3 is 2.30 bits per heavy atom. The SMILES string of the molecule is Cc1ccc(NS(=O)(=O)c2cccc(C(=O)NCC(C)(C)C(=O)O)c2)cc1. The number of carbonyl (C=O) groups is 2. The third kappa shape index (κ3) is 5.30. The molecule has 0 aliphatic rings. The maximum absolute atomic E-state index is 12.5. The highest BCUT2D eigenvalue weighted by atomic mass is 32.2. The minimum absolute atomic E-state index is 0.0618. The van der Waals surface area contributed by atoms with E-state index in [1.54, 1.807) is 24.3 Å². The topological polar surface area (TPSA) is 113 Å². The molecule has 0 heterocycles. The van der Waals surface area contributed by atoms with E-state index in [1.165, 1.54) is 38.1 Å². The van der Waals surface area contributed by atoms with Crippen LogP contribution < -0.4 is 10.0 Å². The van der Waals surface area contributed by atoms with Gasteiger partial charge in [-0.05, 0) is 51.1 Å². The molecular weight excluding hydrogens is 368 g/mol. The largest absolute Gasteiger partial charge is 0.481 e. The van der Waals surface area contributed by atoms with Crippen LogP contribution in [0.25, 0.3) is 0 Å². The molecule has 3 N–H and O–H groups in total. The first-order valence-electron chi connectivity index (χ1n) is 8.22. The van der Waals surface area contributed by atoms with Crippen LogP contribution in [0.1, 0.15) is 29.8 Å². The van der Waals surface area contributed by atoms with Gasteiger partial charge in [-0.3, -0.25) is 14.3 Å². The van der Waals surface area contributed by atoms with Crippen LogP contribution in [0.3, 0.4) is 0 Å². The molecular formula is C19H22N2O5S. The minimum Gasteiger partial charge on any atom is -0.481 e. The second-order valence-corrected chi connectivity index (χ2v) is 8.55. The molecule has 0 aliphatic heterocycles. The van der Waals surface area contributed by atoms with Crippen LogP contribution in [0, 0.1) is 12.3 Å². The van der Waals surface area contributed by atoms with E-state index in [2.05, 4.69) is 10.0 Å². The average Bonchev–Trinajstić information content (AvgIpc) is 2.61. The van der Waals surface area contributed by atoms with Crippen LogP contribution in [0.2, 0.25) is 0 Å². The van der Waals surface area contributed by atoms with E-state index in [9.17, 15) is 18.0 Å². The monoisotopic (exact) mass is 390 g/mol. The lowest BCUT2D eigenvalue weighted by Gasteiger charge is -2.19. The minimum atomic E-state index is -3.86. The molecule has 0 saturated carbocycles. The summed E-state index contributed by atoms with van der Waals surface area (Å²) in [4.78, 5) is 23.3. The molecule has 0 spiro atoms. The van der Waals surface area contributed by atoms with Gasteiger partial charge in [0, 0.05) is 17.8 Å². The number of nitrogens with one attached hydrogen (secondary N) is 2. The summed E-state index contributed by atoms with van der Waals surface area (Å²) >= 11 is 0. The number of carbonyl (C=O) groups excluding carboxylic acids is 1. The fraction of sp³-hybridized carbons (Fsp3) is 0.263. The smallest absolute Gasteiger partial charge is 0.310 e. The van der Waals surface area contributed by atoms with Gasteiger partial charge in [0.1, 0.15) is 0 Å². The van der Waals surface area contributed by atoms with Crippen molar-refractivity contribution in [2.45, 2.75) is 25.7 Å². The van der Waals surface area contributed by atoms with Crippen molar-refractivity contribution in [3.05, 3.63) is 59.7 Å². The number of hydrogen-bond donors (Lipinski definition) is 3. The highest BCUT2D eigenvalue weighted by molar-refractivity contribution is 7.92. The molecule has 2 aromatic rings. The maximum Gasteiger partial charge on any atom is 0.310 e. The first kappa shape index (κ1) is 20.4. The van der Waals surface area contributed by atoms with Crippen LogP contribution in [-0.4, -0.2) is 31.9 Å². The van der Waals surface area contributed by atoms with Gasteiger partial charge in [-0.15, -0.1) is 0 Å². The molecule has 0 unspecified atom stereocenters. The Hall–Kier alpha value is -2.87. The summed E-state index contributed by atoms with van der Waals surface area (Å²) < 4.78 is 27.6. The maximum atomic E-state index is 12.5. The van der Waals surface area contributed by atoms with Crippen molar-refractivity contribution in [1.82, 2.24) is 5.32 Å². The Balaban J connectivity index is 2.17. The molecule has 27 heavy (non-hydrogen) atoms. The Morgan fingerprint density at radius 2 is 1.70 bits per heavy atom. The van der Waals surface area contributed by atoms with E-state index in [0.717, 1.165) is 5.56 Å². The molecule has 144 valence electrons. The van der Waals surface area contributed by atoms with Crippen LogP contribution in [0.4, 0.5) is 5.69 Å². The lowest BCUT2D eigenvalue weighted by atomic mass is 9.94. The van der Waals surface area contributed by atoms with Crippen LogP contribution in [-0.2, 0) is 14.8 Å².